The maximum absolute atomic E-state index is 14.8. The van der Waals surface area contributed by atoms with Crippen LogP contribution in [0.4, 0.5) is 10.1 Å². The molecule has 1 amide bonds. The zero-order valence-electron chi connectivity index (χ0n) is 22.0. The van der Waals surface area contributed by atoms with E-state index in [4.69, 9.17) is 17.0 Å². The Morgan fingerprint density at radius 2 is 1.85 bits per heavy atom. The summed E-state index contributed by atoms with van der Waals surface area (Å²) >= 11 is 5.78. The van der Waals surface area contributed by atoms with Crippen molar-refractivity contribution in [1.82, 2.24) is 19.8 Å². The van der Waals surface area contributed by atoms with Crippen molar-refractivity contribution < 1.29 is 13.9 Å². The van der Waals surface area contributed by atoms with E-state index in [2.05, 4.69) is 21.7 Å². The van der Waals surface area contributed by atoms with Crippen LogP contribution in [0, 0.1) is 19.7 Å². The lowest BCUT2D eigenvalue weighted by Gasteiger charge is -2.28. The molecule has 0 bridgehead atoms. The summed E-state index contributed by atoms with van der Waals surface area (Å²) in [7, 11) is 1.57. The first kappa shape index (κ1) is 26.4. The van der Waals surface area contributed by atoms with Crippen LogP contribution in [0.25, 0.3) is 5.69 Å². The van der Waals surface area contributed by atoms with Gasteiger partial charge in [-0.3, -0.25) is 9.78 Å². The van der Waals surface area contributed by atoms with E-state index in [1.54, 1.807) is 37.6 Å². The maximum Gasteiger partial charge on any atom is 0.226 e. The predicted molar refractivity (Wildman–Crippen MR) is 154 cm³/mol. The Balaban J connectivity index is 1.47. The highest BCUT2D eigenvalue weighted by atomic mass is 32.1. The largest absolute Gasteiger partial charge is 0.495 e. The highest BCUT2D eigenvalue weighted by molar-refractivity contribution is 7.80. The molecule has 2 atom stereocenters. The van der Waals surface area contributed by atoms with Gasteiger partial charge in [0.2, 0.25) is 5.91 Å². The third-order valence-corrected chi connectivity index (χ3v) is 7.39. The van der Waals surface area contributed by atoms with Gasteiger partial charge in [-0.1, -0.05) is 30.3 Å². The van der Waals surface area contributed by atoms with Crippen molar-refractivity contribution in [2.45, 2.75) is 32.4 Å². The minimum atomic E-state index is -0.294. The molecule has 0 radical (unpaired) electrons. The van der Waals surface area contributed by atoms with Gasteiger partial charge in [0.05, 0.1) is 36.3 Å². The van der Waals surface area contributed by atoms with Gasteiger partial charge in [0.1, 0.15) is 11.6 Å². The molecule has 200 valence electrons. The summed E-state index contributed by atoms with van der Waals surface area (Å²) in [6, 6.07) is 21.4. The molecule has 1 fully saturated rings. The minimum Gasteiger partial charge on any atom is -0.495 e. The second-order valence-corrected chi connectivity index (χ2v) is 9.82. The fraction of sp³-hybridized carbons (Fsp3) is 0.233. The first-order chi connectivity index (χ1) is 18.9. The molecule has 4 aromatic rings. The number of thiocarbonyl (C=S) groups is 1. The molecular weight excluding hydrogens is 513 g/mol. The van der Waals surface area contributed by atoms with E-state index in [1.807, 2.05) is 59.7 Å². The van der Waals surface area contributed by atoms with E-state index in [0.29, 0.717) is 28.8 Å². The van der Waals surface area contributed by atoms with Crippen LogP contribution in [0.1, 0.15) is 41.1 Å². The van der Waals surface area contributed by atoms with Gasteiger partial charge in [-0.15, -0.1) is 0 Å². The number of methoxy groups -OCH3 is 1. The van der Waals surface area contributed by atoms with Gasteiger partial charge in [0.15, 0.2) is 5.11 Å². The van der Waals surface area contributed by atoms with Crippen LogP contribution >= 0.6 is 12.2 Å². The molecule has 0 saturated carbocycles. The second kappa shape index (κ2) is 11.2. The number of aryl methyl sites for hydroxylation is 1. The number of nitrogens with one attached hydrogen (secondary N) is 2. The van der Waals surface area contributed by atoms with Crippen LogP contribution in [0.2, 0.25) is 0 Å². The van der Waals surface area contributed by atoms with E-state index >= 15 is 0 Å². The SMILES string of the molecule is COc1ccccc1NC(=O)CCN1C(=S)N[C@H](c2ccccn2)[C@@H]1c1cc(C)n(-c2ccccc2F)c1C. The number of aromatic nitrogens is 2. The van der Waals surface area contributed by atoms with Crippen molar-refractivity contribution >= 4 is 28.9 Å². The van der Waals surface area contributed by atoms with E-state index in [9.17, 15) is 9.18 Å². The van der Waals surface area contributed by atoms with Crippen molar-refractivity contribution in [3.63, 3.8) is 0 Å². The number of anilines is 1. The lowest BCUT2D eigenvalue weighted by Crippen LogP contribution is -2.33. The molecule has 2 aromatic carbocycles. The van der Waals surface area contributed by atoms with Crippen LogP contribution < -0.4 is 15.4 Å². The van der Waals surface area contributed by atoms with Crippen LogP contribution in [-0.2, 0) is 4.79 Å². The van der Waals surface area contributed by atoms with E-state index in [0.717, 1.165) is 22.6 Å². The molecule has 1 saturated heterocycles. The summed E-state index contributed by atoms with van der Waals surface area (Å²) in [5, 5.41) is 6.90. The Morgan fingerprint density at radius 1 is 1.10 bits per heavy atom. The van der Waals surface area contributed by atoms with Gasteiger partial charge >= 0.3 is 0 Å². The number of benzene rings is 2. The Morgan fingerprint density at radius 3 is 2.59 bits per heavy atom. The molecule has 2 N–H and O–H groups in total. The number of rotatable bonds is 8. The molecule has 2 aromatic heterocycles. The number of nitrogens with zero attached hydrogens (tertiary/aromatic N) is 3. The molecule has 0 aliphatic carbocycles. The topological polar surface area (TPSA) is 71.4 Å². The van der Waals surface area contributed by atoms with Crippen molar-refractivity contribution in [3.8, 4) is 11.4 Å². The average molecular weight is 544 g/mol. The summed E-state index contributed by atoms with van der Waals surface area (Å²) in [6.45, 7) is 4.33. The number of amides is 1. The van der Waals surface area contributed by atoms with Crippen molar-refractivity contribution in [3.05, 3.63) is 107 Å². The third-order valence-electron chi connectivity index (χ3n) is 7.04. The molecule has 1 aliphatic heterocycles. The van der Waals surface area contributed by atoms with E-state index in [-0.39, 0.29) is 30.2 Å². The zero-order valence-corrected chi connectivity index (χ0v) is 22.8. The standard InChI is InChI=1S/C30H30FN5O2S/c1-19-18-21(20(2)36(19)25-13-6-4-10-22(25)31)29-28(24-12-8-9-16-32-24)34-30(39)35(29)17-15-27(37)33-23-11-5-7-14-26(23)38-3/h4-14,16,18,28-29H,15,17H2,1-3H3,(H,33,37)(H,34,39)/t28-,29+/m1/s1. The summed E-state index contributed by atoms with van der Waals surface area (Å²) in [4.78, 5) is 19.6. The number of halogens is 1. The highest BCUT2D eigenvalue weighted by Crippen LogP contribution is 2.41. The molecule has 1 aliphatic rings. The zero-order chi connectivity index (χ0) is 27.5. The Hall–Kier alpha value is -4.24. The summed E-state index contributed by atoms with van der Waals surface area (Å²) < 4.78 is 22.1. The van der Waals surface area contributed by atoms with Gasteiger partial charge < -0.3 is 24.8 Å². The number of hydrogen-bond donors (Lipinski definition) is 2. The lowest BCUT2D eigenvalue weighted by atomic mass is 9.96. The molecular formula is C30H30FN5O2S. The van der Waals surface area contributed by atoms with Crippen LogP contribution in [0.5, 0.6) is 5.75 Å². The Kier molecular flexibility index (Phi) is 7.60. The Labute approximate surface area is 232 Å². The summed E-state index contributed by atoms with van der Waals surface area (Å²) in [5.74, 6) is 0.147. The second-order valence-electron chi connectivity index (χ2n) is 9.43. The predicted octanol–water partition coefficient (Wildman–Crippen LogP) is 5.64. The summed E-state index contributed by atoms with van der Waals surface area (Å²) in [6.07, 6.45) is 1.96. The van der Waals surface area contributed by atoms with Gasteiger partial charge in [0, 0.05) is 30.6 Å². The van der Waals surface area contributed by atoms with Crippen molar-refractivity contribution in [2.75, 3.05) is 19.0 Å². The normalized spacial score (nSPS) is 16.7. The fourth-order valence-corrected chi connectivity index (χ4v) is 5.59. The van der Waals surface area contributed by atoms with E-state index in [1.165, 1.54) is 6.07 Å². The average Bonchev–Trinajstić information content (AvgIpc) is 3.42. The molecule has 0 spiro atoms. The van der Waals surface area contributed by atoms with Gasteiger partial charge in [0.25, 0.3) is 0 Å². The van der Waals surface area contributed by atoms with Crippen molar-refractivity contribution in [2.24, 2.45) is 0 Å². The van der Waals surface area contributed by atoms with E-state index < -0.39 is 0 Å². The van der Waals surface area contributed by atoms with Gasteiger partial charge in [-0.05, 0) is 74.1 Å². The lowest BCUT2D eigenvalue weighted by molar-refractivity contribution is -0.116. The van der Waals surface area contributed by atoms with Crippen LogP contribution in [-0.4, -0.2) is 39.1 Å². The van der Waals surface area contributed by atoms with Gasteiger partial charge in [-0.25, -0.2) is 4.39 Å². The molecule has 7 nitrogen and oxygen atoms in total. The Bertz CT molecular complexity index is 1510. The number of ether oxygens (including phenoxy) is 1. The highest BCUT2D eigenvalue weighted by Gasteiger charge is 2.41. The number of para-hydroxylation sites is 3. The number of hydrogen-bond acceptors (Lipinski definition) is 4. The molecule has 9 heteroatoms. The number of carbonyl (C=O) groups is 1. The number of pyridine rings is 1. The minimum absolute atomic E-state index is 0.154. The smallest absolute Gasteiger partial charge is 0.226 e. The molecule has 39 heavy (non-hydrogen) atoms. The summed E-state index contributed by atoms with van der Waals surface area (Å²) in [5.41, 5.74) is 4.73. The van der Waals surface area contributed by atoms with Crippen molar-refractivity contribution in [1.29, 1.82) is 0 Å². The fourth-order valence-electron chi connectivity index (χ4n) is 5.26. The first-order valence-corrected chi connectivity index (χ1v) is 13.1. The molecule has 3 heterocycles. The van der Waals surface area contributed by atoms with Crippen LogP contribution in [0.3, 0.4) is 0 Å². The van der Waals surface area contributed by atoms with Gasteiger partial charge in [-0.2, -0.15) is 0 Å². The third kappa shape index (κ3) is 5.22. The quantitative estimate of drug-likeness (QED) is 0.281. The first-order valence-electron chi connectivity index (χ1n) is 12.7. The maximum atomic E-state index is 14.8. The molecule has 5 rings (SSSR count). The van der Waals surface area contributed by atoms with Crippen LogP contribution in [0.15, 0.2) is 79.0 Å². The molecule has 0 unspecified atom stereocenters. The number of carbonyl (C=O) groups excluding carboxylic acids is 1. The monoisotopic (exact) mass is 543 g/mol.